The van der Waals surface area contributed by atoms with Crippen molar-refractivity contribution in [2.45, 2.75) is 19.4 Å². The van der Waals surface area contributed by atoms with Crippen LogP contribution in [0.2, 0.25) is 0 Å². The molecule has 148 valence electrons. The van der Waals surface area contributed by atoms with E-state index in [1.165, 1.54) is 6.92 Å². The topological polar surface area (TPSA) is 92.3 Å². The van der Waals surface area contributed by atoms with Gasteiger partial charge in [0.15, 0.2) is 6.10 Å². The standard InChI is InChI=1S/C24H18N2O4/c1-15(24(28)26-19-7-4-5-16(11-19)13-25)30-22(27)12-18-14-29-21-10-9-17-6-2-3-8-20(17)23(18)21/h2-11,14-15H,12H2,1H3,(H,26,28)/t15-/m0/s1. The Morgan fingerprint density at radius 3 is 2.80 bits per heavy atom. The van der Waals surface area contributed by atoms with Crippen LogP contribution in [-0.4, -0.2) is 18.0 Å². The van der Waals surface area contributed by atoms with Crippen LogP contribution in [-0.2, 0) is 20.7 Å². The number of hydrogen-bond donors (Lipinski definition) is 1. The second kappa shape index (κ2) is 8.10. The highest BCUT2D eigenvalue weighted by Crippen LogP contribution is 2.30. The predicted octanol–water partition coefficient (Wildman–Crippen LogP) is 4.57. The van der Waals surface area contributed by atoms with Crippen molar-refractivity contribution >= 4 is 39.3 Å². The number of fused-ring (bicyclic) bond motifs is 3. The summed E-state index contributed by atoms with van der Waals surface area (Å²) in [5.41, 5.74) is 2.30. The first kappa shape index (κ1) is 19.2. The van der Waals surface area contributed by atoms with Crippen molar-refractivity contribution in [2.75, 3.05) is 5.32 Å². The maximum atomic E-state index is 12.5. The number of furan rings is 1. The Labute approximate surface area is 172 Å². The minimum absolute atomic E-state index is 0.0114. The molecule has 30 heavy (non-hydrogen) atoms. The third-order valence-electron chi connectivity index (χ3n) is 4.81. The Morgan fingerprint density at radius 2 is 1.97 bits per heavy atom. The first-order valence-electron chi connectivity index (χ1n) is 9.43. The number of amides is 1. The fourth-order valence-corrected chi connectivity index (χ4v) is 3.36. The van der Waals surface area contributed by atoms with Crippen molar-refractivity contribution < 1.29 is 18.7 Å². The van der Waals surface area contributed by atoms with Crippen LogP contribution in [0.5, 0.6) is 0 Å². The number of ether oxygens (including phenoxy) is 1. The summed E-state index contributed by atoms with van der Waals surface area (Å²) in [6.07, 6.45) is 0.553. The summed E-state index contributed by atoms with van der Waals surface area (Å²) in [5, 5.41) is 14.5. The van der Waals surface area contributed by atoms with E-state index in [0.717, 1.165) is 16.2 Å². The van der Waals surface area contributed by atoms with Gasteiger partial charge in [-0.1, -0.05) is 36.4 Å². The average molecular weight is 398 g/mol. The summed E-state index contributed by atoms with van der Waals surface area (Å²) in [6, 6.07) is 20.2. The quantitative estimate of drug-likeness (QED) is 0.497. The lowest BCUT2D eigenvalue weighted by Gasteiger charge is -2.13. The van der Waals surface area contributed by atoms with E-state index in [1.54, 1.807) is 30.5 Å². The number of nitrogens with one attached hydrogen (secondary N) is 1. The summed E-state index contributed by atoms with van der Waals surface area (Å²) < 4.78 is 10.9. The molecular formula is C24H18N2O4. The van der Waals surface area contributed by atoms with E-state index in [4.69, 9.17) is 14.4 Å². The Balaban J connectivity index is 1.46. The van der Waals surface area contributed by atoms with E-state index < -0.39 is 18.0 Å². The van der Waals surface area contributed by atoms with Crippen molar-refractivity contribution in [3.05, 3.63) is 78.1 Å². The maximum absolute atomic E-state index is 12.5. The van der Waals surface area contributed by atoms with Crippen LogP contribution >= 0.6 is 0 Å². The number of rotatable bonds is 5. The fourth-order valence-electron chi connectivity index (χ4n) is 3.36. The molecule has 0 saturated carbocycles. The zero-order valence-corrected chi connectivity index (χ0v) is 16.2. The highest BCUT2D eigenvalue weighted by molar-refractivity contribution is 6.08. The number of anilines is 1. The highest BCUT2D eigenvalue weighted by atomic mass is 16.5. The van der Waals surface area contributed by atoms with Gasteiger partial charge in [-0.05, 0) is 42.0 Å². The van der Waals surface area contributed by atoms with Crippen molar-refractivity contribution in [3.63, 3.8) is 0 Å². The van der Waals surface area contributed by atoms with Crippen LogP contribution in [0, 0.1) is 11.3 Å². The van der Waals surface area contributed by atoms with E-state index in [9.17, 15) is 9.59 Å². The molecule has 0 fully saturated rings. The van der Waals surface area contributed by atoms with Crippen LogP contribution in [0.1, 0.15) is 18.1 Å². The molecule has 4 rings (SSSR count). The van der Waals surface area contributed by atoms with Gasteiger partial charge in [0.2, 0.25) is 0 Å². The average Bonchev–Trinajstić information content (AvgIpc) is 3.16. The van der Waals surface area contributed by atoms with Crippen LogP contribution in [0.25, 0.3) is 21.7 Å². The van der Waals surface area contributed by atoms with Crippen molar-refractivity contribution in [2.24, 2.45) is 0 Å². The fraction of sp³-hybridized carbons (Fsp3) is 0.125. The summed E-state index contributed by atoms with van der Waals surface area (Å²) >= 11 is 0. The zero-order valence-electron chi connectivity index (χ0n) is 16.2. The molecule has 3 aromatic carbocycles. The number of hydrogen-bond acceptors (Lipinski definition) is 5. The predicted molar refractivity (Wildman–Crippen MR) is 113 cm³/mol. The highest BCUT2D eigenvalue weighted by Gasteiger charge is 2.20. The second-order valence-corrected chi connectivity index (χ2v) is 6.91. The second-order valence-electron chi connectivity index (χ2n) is 6.91. The van der Waals surface area contributed by atoms with Gasteiger partial charge in [0, 0.05) is 16.6 Å². The minimum Gasteiger partial charge on any atom is -0.464 e. The molecule has 6 heteroatoms. The Kier molecular flexibility index (Phi) is 5.19. The number of esters is 1. The van der Waals surface area contributed by atoms with Gasteiger partial charge >= 0.3 is 5.97 Å². The molecule has 0 aliphatic carbocycles. The van der Waals surface area contributed by atoms with Crippen molar-refractivity contribution in [1.82, 2.24) is 0 Å². The molecule has 1 N–H and O–H groups in total. The van der Waals surface area contributed by atoms with E-state index in [2.05, 4.69) is 5.32 Å². The molecule has 0 spiro atoms. The number of carbonyl (C=O) groups excluding carboxylic acids is 2. The number of carbonyl (C=O) groups is 2. The third kappa shape index (κ3) is 3.87. The Morgan fingerprint density at radius 1 is 1.13 bits per heavy atom. The molecule has 0 aliphatic heterocycles. The van der Waals surface area contributed by atoms with Gasteiger partial charge in [-0.2, -0.15) is 5.26 Å². The number of benzene rings is 3. The monoisotopic (exact) mass is 398 g/mol. The molecule has 0 unspecified atom stereocenters. The first-order valence-corrected chi connectivity index (χ1v) is 9.43. The Bertz CT molecular complexity index is 1300. The summed E-state index contributed by atoms with van der Waals surface area (Å²) in [6.45, 7) is 1.50. The van der Waals surface area contributed by atoms with Gasteiger partial charge in [0.1, 0.15) is 5.58 Å². The van der Waals surface area contributed by atoms with Gasteiger partial charge in [-0.25, -0.2) is 0 Å². The van der Waals surface area contributed by atoms with Gasteiger partial charge in [-0.15, -0.1) is 0 Å². The molecule has 1 amide bonds. The maximum Gasteiger partial charge on any atom is 0.311 e. The molecule has 1 atom stereocenters. The molecule has 0 saturated heterocycles. The lowest BCUT2D eigenvalue weighted by atomic mass is 10.0. The van der Waals surface area contributed by atoms with E-state index >= 15 is 0 Å². The molecule has 0 radical (unpaired) electrons. The normalized spacial score (nSPS) is 11.7. The molecule has 1 heterocycles. The van der Waals surface area contributed by atoms with E-state index in [1.807, 2.05) is 42.5 Å². The number of nitriles is 1. The van der Waals surface area contributed by atoms with E-state index in [0.29, 0.717) is 22.4 Å². The summed E-state index contributed by atoms with van der Waals surface area (Å²) in [4.78, 5) is 24.8. The zero-order chi connectivity index (χ0) is 21.1. The molecule has 0 bridgehead atoms. The smallest absolute Gasteiger partial charge is 0.311 e. The van der Waals surface area contributed by atoms with Crippen LogP contribution < -0.4 is 5.32 Å². The summed E-state index contributed by atoms with van der Waals surface area (Å²) in [5.74, 6) is -1.000. The lowest BCUT2D eigenvalue weighted by Crippen LogP contribution is -2.30. The molecular weight excluding hydrogens is 380 g/mol. The lowest BCUT2D eigenvalue weighted by molar-refractivity contribution is -0.152. The third-order valence-corrected chi connectivity index (χ3v) is 4.81. The molecule has 1 aromatic heterocycles. The van der Waals surface area contributed by atoms with Crippen molar-refractivity contribution in [3.8, 4) is 6.07 Å². The molecule has 4 aromatic rings. The molecule has 6 nitrogen and oxygen atoms in total. The van der Waals surface area contributed by atoms with Crippen LogP contribution in [0.15, 0.2) is 71.3 Å². The van der Waals surface area contributed by atoms with Gasteiger partial charge in [-0.3, -0.25) is 9.59 Å². The van der Waals surface area contributed by atoms with Crippen LogP contribution in [0.4, 0.5) is 5.69 Å². The molecule has 0 aliphatic rings. The number of nitrogens with zero attached hydrogens (tertiary/aromatic N) is 1. The van der Waals surface area contributed by atoms with Crippen LogP contribution in [0.3, 0.4) is 0 Å². The van der Waals surface area contributed by atoms with E-state index in [-0.39, 0.29) is 6.42 Å². The largest absolute Gasteiger partial charge is 0.464 e. The minimum atomic E-state index is -0.988. The van der Waals surface area contributed by atoms with Gasteiger partial charge in [0.25, 0.3) is 5.91 Å². The van der Waals surface area contributed by atoms with Crippen molar-refractivity contribution in [1.29, 1.82) is 5.26 Å². The Hall–Kier alpha value is -4.11. The summed E-state index contributed by atoms with van der Waals surface area (Å²) in [7, 11) is 0. The SMILES string of the molecule is C[C@H](OC(=O)Cc1coc2ccc3ccccc3c12)C(=O)Nc1cccc(C#N)c1. The van der Waals surface area contributed by atoms with Gasteiger partial charge < -0.3 is 14.5 Å². The first-order chi connectivity index (χ1) is 14.5. The van der Waals surface area contributed by atoms with Gasteiger partial charge in [0.05, 0.1) is 24.3 Å².